The summed E-state index contributed by atoms with van der Waals surface area (Å²) in [6, 6.07) is 12.5. The Labute approximate surface area is 139 Å². The van der Waals surface area contributed by atoms with Crippen molar-refractivity contribution < 1.29 is 19.1 Å². The summed E-state index contributed by atoms with van der Waals surface area (Å²) in [5, 5.41) is 2.36. The summed E-state index contributed by atoms with van der Waals surface area (Å²) >= 11 is 0. The predicted octanol–water partition coefficient (Wildman–Crippen LogP) is 2.90. The summed E-state index contributed by atoms with van der Waals surface area (Å²) < 4.78 is 10.8. The van der Waals surface area contributed by atoms with E-state index in [0.717, 1.165) is 5.56 Å². The Morgan fingerprint density at radius 2 is 1.75 bits per heavy atom. The zero-order chi connectivity index (χ0) is 17.1. The molecule has 5 nitrogen and oxygen atoms in total. The number of carbonyl (C=O) groups is 2. The molecule has 24 heavy (non-hydrogen) atoms. The van der Waals surface area contributed by atoms with Gasteiger partial charge in [0.05, 0.1) is 13.7 Å². The van der Waals surface area contributed by atoms with Gasteiger partial charge < -0.3 is 9.47 Å². The monoisotopic (exact) mass is 323 g/mol. The molecule has 122 valence electrons. The van der Waals surface area contributed by atoms with Crippen LogP contribution in [0.4, 0.5) is 0 Å². The van der Waals surface area contributed by atoms with E-state index < -0.39 is 5.91 Å². The van der Waals surface area contributed by atoms with Crippen LogP contribution in [0.5, 0.6) is 11.5 Å². The van der Waals surface area contributed by atoms with Gasteiger partial charge in [-0.3, -0.25) is 14.9 Å². The molecule has 2 amide bonds. The van der Waals surface area contributed by atoms with E-state index in [1.54, 1.807) is 49.6 Å². The first-order valence-electron chi connectivity index (χ1n) is 7.61. The summed E-state index contributed by atoms with van der Waals surface area (Å²) in [4.78, 5) is 24.2. The lowest BCUT2D eigenvalue weighted by atomic mass is 9.93. The molecule has 0 spiro atoms. The maximum atomic E-state index is 12.2. The van der Waals surface area contributed by atoms with Gasteiger partial charge in [-0.1, -0.05) is 24.3 Å². The predicted molar refractivity (Wildman–Crippen MR) is 90.9 cm³/mol. The zero-order valence-electron chi connectivity index (χ0n) is 13.5. The topological polar surface area (TPSA) is 64.6 Å². The van der Waals surface area contributed by atoms with Crippen LogP contribution in [0.15, 0.2) is 42.5 Å². The number of fused-ring (bicyclic) bond motifs is 1. The standard InChI is InChI=1S/C19H17NO4/c1-3-24-16-9-8-12(11-17(16)23-2)10-15-13-6-4-5-7-14(13)18(21)20-19(15)22/h4-11H,3H2,1-2H3,(H,20,21,22)/b15-10+. The maximum Gasteiger partial charge on any atom is 0.258 e. The summed E-state index contributed by atoms with van der Waals surface area (Å²) in [6.07, 6.45) is 1.73. The van der Waals surface area contributed by atoms with Gasteiger partial charge in [0.1, 0.15) is 0 Å². The number of rotatable bonds is 4. The minimum Gasteiger partial charge on any atom is -0.493 e. The third kappa shape index (κ3) is 2.88. The van der Waals surface area contributed by atoms with Crippen LogP contribution in [0.1, 0.15) is 28.4 Å². The molecule has 2 aromatic carbocycles. The van der Waals surface area contributed by atoms with E-state index in [2.05, 4.69) is 5.32 Å². The lowest BCUT2D eigenvalue weighted by Crippen LogP contribution is -2.36. The van der Waals surface area contributed by atoms with Gasteiger partial charge in [-0.15, -0.1) is 0 Å². The molecule has 0 fully saturated rings. The Morgan fingerprint density at radius 1 is 1.00 bits per heavy atom. The molecule has 1 N–H and O–H groups in total. The fourth-order valence-corrected chi connectivity index (χ4v) is 2.63. The van der Waals surface area contributed by atoms with Gasteiger partial charge in [0.25, 0.3) is 11.8 Å². The lowest BCUT2D eigenvalue weighted by Gasteiger charge is -2.18. The molecule has 0 aromatic heterocycles. The van der Waals surface area contributed by atoms with E-state index in [0.29, 0.717) is 34.8 Å². The molecular weight excluding hydrogens is 306 g/mol. The van der Waals surface area contributed by atoms with Crippen molar-refractivity contribution in [2.45, 2.75) is 6.92 Å². The first kappa shape index (κ1) is 15.8. The molecule has 3 rings (SSSR count). The molecule has 1 aliphatic rings. The van der Waals surface area contributed by atoms with Gasteiger partial charge in [0, 0.05) is 11.1 Å². The summed E-state index contributed by atoms with van der Waals surface area (Å²) in [5.74, 6) is 0.446. The fourth-order valence-electron chi connectivity index (χ4n) is 2.63. The number of hydrogen-bond donors (Lipinski definition) is 1. The van der Waals surface area contributed by atoms with E-state index in [9.17, 15) is 9.59 Å². The lowest BCUT2D eigenvalue weighted by molar-refractivity contribution is -0.114. The largest absolute Gasteiger partial charge is 0.493 e. The number of methoxy groups -OCH3 is 1. The van der Waals surface area contributed by atoms with E-state index in [-0.39, 0.29) is 5.91 Å². The number of nitrogens with one attached hydrogen (secondary N) is 1. The summed E-state index contributed by atoms with van der Waals surface area (Å²) in [6.45, 7) is 2.43. The van der Waals surface area contributed by atoms with Crippen molar-refractivity contribution in [3.63, 3.8) is 0 Å². The van der Waals surface area contributed by atoms with E-state index in [4.69, 9.17) is 9.47 Å². The minimum absolute atomic E-state index is 0.378. The Balaban J connectivity index is 2.06. The highest BCUT2D eigenvalue weighted by Gasteiger charge is 2.26. The molecular formula is C19H17NO4. The number of carbonyl (C=O) groups excluding carboxylic acids is 2. The van der Waals surface area contributed by atoms with Crippen LogP contribution in [-0.4, -0.2) is 25.5 Å². The third-order valence-electron chi connectivity index (χ3n) is 3.73. The van der Waals surface area contributed by atoms with Crippen LogP contribution >= 0.6 is 0 Å². The molecule has 2 aromatic rings. The smallest absolute Gasteiger partial charge is 0.258 e. The Kier molecular flexibility index (Phi) is 4.33. The minimum atomic E-state index is -0.411. The van der Waals surface area contributed by atoms with Crippen LogP contribution in [0.3, 0.4) is 0 Å². The van der Waals surface area contributed by atoms with E-state index in [1.165, 1.54) is 0 Å². The molecule has 0 unspecified atom stereocenters. The van der Waals surface area contributed by atoms with Gasteiger partial charge in [-0.25, -0.2) is 0 Å². The molecule has 0 saturated heterocycles. The van der Waals surface area contributed by atoms with Crippen LogP contribution in [0.2, 0.25) is 0 Å². The third-order valence-corrected chi connectivity index (χ3v) is 3.73. The van der Waals surface area contributed by atoms with E-state index in [1.807, 2.05) is 13.0 Å². The molecule has 1 heterocycles. The molecule has 0 aliphatic carbocycles. The van der Waals surface area contributed by atoms with Crippen molar-refractivity contribution in [1.82, 2.24) is 5.32 Å². The normalized spacial score (nSPS) is 15.0. The Morgan fingerprint density at radius 3 is 2.46 bits per heavy atom. The second-order valence-corrected chi connectivity index (χ2v) is 5.23. The van der Waals surface area contributed by atoms with Crippen molar-refractivity contribution in [1.29, 1.82) is 0 Å². The first-order chi connectivity index (χ1) is 11.6. The number of imide groups is 1. The van der Waals surface area contributed by atoms with Crippen LogP contribution in [0.25, 0.3) is 11.6 Å². The molecule has 0 atom stereocenters. The van der Waals surface area contributed by atoms with Gasteiger partial charge in [0.15, 0.2) is 11.5 Å². The molecule has 0 bridgehead atoms. The quantitative estimate of drug-likeness (QED) is 0.694. The Hall–Kier alpha value is -3.08. The summed E-state index contributed by atoms with van der Waals surface area (Å²) in [5.41, 5.74) is 2.33. The van der Waals surface area contributed by atoms with Gasteiger partial charge in [-0.2, -0.15) is 0 Å². The zero-order valence-corrected chi connectivity index (χ0v) is 13.5. The van der Waals surface area contributed by atoms with Crippen molar-refractivity contribution in [3.8, 4) is 11.5 Å². The number of benzene rings is 2. The van der Waals surface area contributed by atoms with Gasteiger partial charge in [-0.05, 0) is 42.3 Å². The van der Waals surface area contributed by atoms with Crippen LogP contribution in [0, 0.1) is 0 Å². The Bertz CT molecular complexity index is 839. The van der Waals surface area contributed by atoms with Gasteiger partial charge >= 0.3 is 0 Å². The highest BCUT2D eigenvalue weighted by atomic mass is 16.5. The molecule has 1 aliphatic heterocycles. The fraction of sp³-hybridized carbons (Fsp3) is 0.158. The molecule has 5 heteroatoms. The highest BCUT2D eigenvalue weighted by Crippen LogP contribution is 2.31. The van der Waals surface area contributed by atoms with Crippen molar-refractivity contribution in [3.05, 3.63) is 59.2 Å². The van der Waals surface area contributed by atoms with Crippen molar-refractivity contribution in [2.24, 2.45) is 0 Å². The SMILES string of the molecule is CCOc1ccc(/C=C2/C(=O)NC(=O)c3ccccc32)cc1OC. The van der Waals surface area contributed by atoms with E-state index >= 15 is 0 Å². The van der Waals surface area contributed by atoms with Crippen LogP contribution < -0.4 is 14.8 Å². The van der Waals surface area contributed by atoms with Crippen LogP contribution in [-0.2, 0) is 4.79 Å². The number of hydrogen-bond acceptors (Lipinski definition) is 4. The highest BCUT2D eigenvalue weighted by molar-refractivity contribution is 6.33. The second kappa shape index (κ2) is 6.58. The number of ether oxygens (including phenoxy) is 2. The van der Waals surface area contributed by atoms with Crippen molar-refractivity contribution >= 4 is 23.5 Å². The average molecular weight is 323 g/mol. The average Bonchev–Trinajstić information content (AvgIpc) is 2.60. The second-order valence-electron chi connectivity index (χ2n) is 5.23. The maximum absolute atomic E-state index is 12.2. The van der Waals surface area contributed by atoms with Gasteiger partial charge in [0.2, 0.25) is 0 Å². The molecule has 0 radical (unpaired) electrons. The molecule has 0 saturated carbocycles. The number of amides is 2. The van der Waals surface area contributed by atoms with Crippen molar-refractivity contribution in [2.75, 3.05) is 13.7 Å². The summed E-state index contributed by atoms with van der Waals surface area (Å²) in [7, 11) is 1.57. The first-order valence-corrected chi connectivity index (χ1v) is 7.61.